The van der Waals surface area contributed by atoms with Crippen molar-refractivity contribution in [2.75, 3.05) is 13.2 Å². The van der Waals surface area contributed by atoms with Crippen LogP contribution in [0, 0.1) is 12.8 Å². The van der Waals surface area contributed by atoms with E-state index in [1.807, 2.05) is 0 Å². The molecule has 1 aromatic rings. The van der Waals surface area contributed by atoms with Crippen LogP contribution in [-0.2, 0) is 0 Å². The first-order valence-corrected chi connectivity index (χ1v) is 7.71. The Hall–Kier alpha value is -1.06. The van der Waals surface area contributed by atoms with Gasteiger partial charge in [-0.05, 0) is 37.7 Å². The van der Waals surface area contributed by atoms with Crippen LogP contribution in [0.25, 0.3) is 0 Å². The number of rotatable bonds is 5. The van der Waals surface area contributed by atoms with Gasteiger partial charge in [-0.3, -0.25) is 0 Å². The zero-order valence-corrected chi connectivity index (χ0v) is 12.9. The molecule has 0 fully saturated rings. The van der Waals surface area contributed by atoms with Crippen molar-refractivity contribution in [3.8, 4) is 5.75 Å². The van der Waals surface area contributed by atoms with Gasteiger partial charge in [0.2, 0.25) is 0 Å². The second-order valence-electron chi connectivity index (χ2n) is 6.23. The molecule has 1 aromatic carbocycles. The van der Waals surface area contributed by atoms with Crippen LogP contribution < -0.4 is 10.1 Å². The van der Waals surface area contributed by atoms with E-state index in [-0.39, 0.29) is 12.1 Å². The summed E-state index contributed by atoms with van der Waals surface area (Å²) in [6, 6.07) is 6.60. The largest absolute Gasteiger partial charge is 0.493 e. The average molecular weight is 277 g/mol. The number of benzene rings is 1. The van der Waals surface area contributed by atoms with Crippen LogP contribution in [0.15, 0.2) is 18.2 Å². The normalized spacial score (nSPS) is 20.1. The van der Waals surface area contributed by atoms with E-state index in [9.17, 15) is 5.11 Å². The molecule has 3 nitrogen and oxygen atoms in total. The maximum Gasteiger partial charge on any atom is 0.126 e. The monoisotopic (exact) mass is 277 g/mol. The zero-order valence-electron chi connectivity index (χ0n) is 12.9. The van der Waals surface area contributed by atoms with E-state index in [1.54, 1.807) is 0 Å². The molecule has 2 rings (SSSR count). The first-order valence-electron chi connectivity index (χ1n) is 7.71. The maximum absolute atomic E-state index is 10.0. The van der Waals surface area contributed by atoms with E-state index in [0.717, 1.165) is 31.6 Å². The van der Waals surface area contributed by atoms with Gasteiger partial charge in [-0.15, -0.1) is 0 Å². The highest BCUT2D eigenvalue weighted by Crippen LogP contribution is 2.33. The van der Waals surface area contributed by atoms with Crippen molar-refractivity contribution in [3.63, 3.8) is 0 Å². The summed E-state index contributed by atoms with van der Waals surface area (Å²) in [5.41, 5.74) is 2.43. The molecule has 112 valence electrons. The molecule has 1 heterocycles. The Bertz CT molecular complexity index is 431. The van der Waals surface area contributed by atoms with Crippen molar-refractivity contribution in [2.45, 2.75) is 52.2 Å². The third-order valence-electron chi connectivity index (χ3n) is 3.84. The Morgan fingerprint density at radius 2 is 2.20 bits per heavy atom. The van der Waals surface area contributed by atoms with Crippen LogP contribution in [0.4, 0.5) is 0 Å². The Kier molecular flexibility index (Phi) is 5.44. The Labute approximate surface area is 122 Å². The van der Waals surface area contributed by atoms with Crippen molar-refractivity contribution in [1.29, 1.82) is 0 Å². The van der Waals surface area contributed by atoms with Gasteiger partial charge in [0.15, 0.2) is 0 Å². The van der Waals surface area contributed by atoms with Crippen LogP contribution in [0.2, 0.25) is 0 Å². The summed E-state index contributed by atoms with van der Waals surface area (Å²) in [4.78, 5) is 0. The smallest absolute Gasteiger partial charge is 0.126 e. The number of nitrogens with one attached hydrogen (secondary N) is 1. The molecule has 2 N–H and O–H groups in total. The Morgan fingerprint density at radius 1 is 1.40 bits per heavy atom. The highest BCUT2D eigenvalue weighted by Gasteiger charge is 2.21. The number of ether oxygens (including phenoxy) is 1. The van der Waals surface area contributed by atoms with Crippen molar-refractivity contribution in [2.24, 2.45) is 5.92 Å². The van der Waals surface area contributed by atoms with Gasteiger partial charge in [0.1, 0.15) is 5.75 Å². The van der Waals surface area contributed by atoms with Crippen LogP contribution in [-0.4, -0.2) is 24.4 Å². The number of hydrogen-bond donors (Lipinski definition) is 2. The third-order valence-corrected chi connectivity index (χ3v) is 3.84. The molecule has 2 atom stereocenters. The van der Waals surface area contributed by atoms with Gasteiger partial charge in [-0.1, -0.05) is 32.0 Å². The molecule has 0 spiro atoms. The van der Waals surface area contributed by atoms with Gasteiger partial charge in [0, 0.05) is 18.2 Å². The summed E-state index contributed by atoms with van der Waals surface area (Å²) in [6.07, 6.45) is 2.68. The standard InChI is InChI=1S/C17H27NO2/c1-12(2)10-14(19)11-18-16-8-5-9-20-17-13(3)6-4-7-15(16)17/h4,6-7,12,14,16,18-19H,5,8-11H2,1-3H3. The van der Waals surface area contributed by atoms with Gasteiger partial charge >= 0.3 is 0 Å². The summed E-state index contributed by atoms with van der Waals surface area (Å²) >= 11 is 0. The van der Waals surface area contributed by atoms with Crippen molar-refractivity contribution in [3.05, 3.63) is 29.3 Å². The molecule has 0 amide bonds. The van der Waals surface area contributed by atoms with Crippen LogP contribution >= 0.6 is 0 Å². The minimum Gasteiger partial charge on any atom is -0.493 e. The molecule has 1 aliphatic heterocycles. The molecule has 0 saturated heterocycles. The van der Waals surface area contributed by atoms with Crippen molar-refractivity contribution < 1.29 is 9.84 Å². The van der Waals surface area contributed by atoms with Crippen LogP contribution in [0.3, 0.4) is 0 Å². The highest BCUT2D eigenvalue weighted by atomic mass is 16.5. The molecule has 1 aliphatic rings. The minimum absolute atomic E-state index is 0.271. The number of fused-ring (bicyclic) bond motifs is 1. The fourth-order valence-corrected chi connectivity index (χ4v) is 2.88. The summed E-state index contributed by atoms with van der Waals surface area (Å²) in [5.74, 6) is 1.56. The van der Waals surface area contributed by atoms with E-state index < -0.39 is 0 Å². The summed E-state index contributed by atoms with van der Waals surface area (Å²) < 4.78 is 5.88. The summed E-state index contributed by atoms with van der Waals surface area (Å²) in [7, 11) is 0. The molecule has 0 aliphatic carbocycles. The van der Waals surface area contributed by atoms with Gasteiger partial charge in [-0.2, -0.15) is 0 Å². The van der Waals surface area contributed by atoms with E-state index in [0.29, 0.717) is 12.5 Å². The molecular formula is C17H27NO2. The lowest BCUT2D eigenvalue weighted by Crippen LogP contribution is -2.31. The van der Waals surface area contributed by atoms with Gasteiger partial charge in [0.05, 0.1) is 12.7 Å². The van der Waals surface area contributed by atoms with E-state index in [1.165, 1.54) is 11.1 Å². The predicted octanol–water partition coefficient (Wildman–Crippen LogP) is 3.21. The quantitative estimate of drug-likeness (QED) is 0.868. The molecule has 2 unspecified atom stereocenters. The first-order chi connectivity index (χ1) is 9.58. The number of para-hydroxylation sites is 1. The second kappa shape index (κ2) is 7.09. The summed E-state index contributed by atoms with van der Waals surface area (Å²) in [5, 5.41) is 13.5. The van der Waals surface area contributed by atoms with Crippen LogP contribution in [0.5, 0.6) is 5.75 Å². The zero-order chi connectivity index (χ0) is 14.5. The first kappa shape index (κ1) is 15.3. The molecular weight excluding hydrogens is 250 g/mol. The summed E-state index contributed by atoms with van der Waals surface area (Å²) in [6.45, 7) is 7.80. The number of aliphatic hydroxyl groups excluding tert-OH is 1. The fraction of sp³-hybridized carbons (Fsp3) is 0.647. The molecule has 3 heteroatoms. The predicted molar refractivity (Wildman–Crippen MR) is 82.1 cm³/mol. The van der Waals surface area contributed by atoms with Gasteiger partial charge in [-0.25, -0.2) is 0 Å². The lowest BCUT2D eigenvalue weighted by Gasteiger charge is -2.22. The molecule has 0 saturated carbocycles. The second-order valence-corrected chi connectivity index (χ2v) is 6.23. The van der Waals surface area contributed by atoms with E-state index in [4.69, 9.17) is 4.74 Å². The Balaban J connectivity index is 2.03. The maximum atomic E-state index is 10.0. The number of aliphatic hydroxyl groups is 1. The van der Waals surface area contributed by atoms with E-state index in [2.05, 4.69) is 44.3 Å². The van der Waals surface area contributed by atoms with Crippen molar-refractivity contribution in [1.82, 2.24) is 5.32 Å². The lowest BCUT2D eigenvalue weighted by atomic mass is 9.99. The SMILES string of the molecule is Cc1cccc2c1OCCCC2NCC(O)CC(C)C. The minimum atomic E-state index is -0.271. The van der Waals surface area contributed by atoms with E-state index >= 15 is 0 Å². The molecule has 20 heavy (non-hydrogen) atoms. The van der Waals surface area contributed by atoms with Crippen LogP contribution in [0.1, 0.15) is 50.3 Å². The number of hydrogen-bond acceptors (Lipinski definition) is 3. The van der Waals surface area contributed by atoms with Gasteiger partial charge < -0.3 is 15.2 Å². The third kappa shape index (κ3) is 3.97. The topological polar surface area (TPSA) is 41.5 Å². The molecule has 0 bridgehead atoms. The number of aryl methyl sites for hydroxylation is 1. The van der Waals surface area contributed by atoms with Crippen molar-refractivity contribution >= 4 is 0 Å². The molecule has 0 radical (unpaired) electrons. The van der Waals surface area contributed by atoms with Gasteiger partial charge in [0.25, 0.3) is 0 Å². The fourth-order valence-electron chi connectivity index (χ4n) is 2.88. The average Bonchev–Trinajstić information content (AvgIpc) is 2.59. The highest BCUT2D eigenvalue weighted by molar-refractivity contribution is 5.43. The molecule has 0 aromatic heterocycles. The lowest BCUT2D eigenvalue weighted by molar-refractivity contribution is 0.142. The Morgan fingerprint density at radius 3 is 2.95 bits per heavy atom.